The SMILES string of the molecule is Cc1ccsc1CN(Cc1ccc(F)cc1)C(=O)CN(C(=O)Cc1cccs1)C1CC1. The average molecular weight is 457 g/mol. The number of hydrogen-bond acceptors (Lipinski definition) is 4. The number of hydrogen-bond donors (Lipinski definition) is 0. The lowest BCUT2D eigenvalue weighted by molar-refractivity contribution is -0.141. The third kappa shape index (κ3) is 5.80. The Morgan fingerprint density at radius 1 is 1.00 bits per heavy atom. The zero-order valence-corrected chi connectivity index (χ0v) is 19.1. The monoisotopic (exact) mass is 456 g/mol. The van der Waals surface area contributed by atoms with E-state index in [1.807, 2.05) is 35.9 Å². The first kappa shape index (κ1) is 21.7. The molecule has 0 atom stereocenters. The summed E-state index contributed by atoms with van der Waals surface area (Å²) in [4.78, 5) is 32.0. The van der Waals surface area contributed by atoms with Crippen LogP contribution in [0.3, 0.4) is 0 Å². The first-order chi connectivity index (χ1) is 15.0. The third-order valence-corrected chi connectivity index (χ3v) is 7.35. The minimum absolute atomic E-state index is 0.00679. The van der Waals surface area contributed by atoms with Crippen molar-refractivity contribution in [2.45, 2.75) is 45.3 Å². The summed E-state index contributed by atoms with van der Waals surface area (Å²) in [5.41, 5.74) is 2.02. The molecule has 162 valence electrons. The molecule has 0 unspecified atom stereocenters. The van der Waals surface area contributed by atoms with Gasteiger partial charge in [0.2, 0.25) is 11.8 Å². The molecule has 2 aromatic heterocycles. The summed E-state index contributed by atoms with van der Waals surface area (Å²) >= 11 is 3.18. The van der Waals surface area contributed by atoms with Crippen LogP contribution in [-0.4, -0.2) is 34.2 Å². The molecule has 0 spiro atoms. The van der Waals surface area contributed by atoms with E-state index in [9.17, 15) is 14.0 Å². The van der Waals surface area contributed by atoms with Crippen molar-refractivity contribution in [3.63, 3.8) is 0 Å². The van der Waals surface area contributed by atoms with E-state index in [2.05, 4.69) is 0 Å². The summed E-state index contributed by atoms with van der Waals surface area (Å²) in [6, 6.07) is 12.3. The van der Waals surface area contributed by atoms with Crippen molar-refractivity contribution in [1.82, 2.24) is 9.80 Å². The molecule has 0 bridgehead atoms. The van der Waals surface area contributed by atoms with E-state index in [0.717, 1.165) is 33.7 Å². The van der Waals surface area contributed by atoms with E-state index in [-0.39, 0.29) is 30.2 Å². The second kappa shape index (κ2) is 9.75. The maximum Gasteiger partial charge on any atom is 0.242 e. The second-order valence-electron chi connectivity index (χ2n) is 7.91. The van der Waals surface area contributed by atoms with Crippen LogP contribution in [0.15, 0.2) is 53.2 Å². The van der Waals surface area contributed by atoms with Crippen molar-refractivity contribution in [1.29, 1.82) is 0 Å². The number of amides is 2. The lowest BCUT2D eigenvalue weighted by atomic mass is 10.2. The highest BCUT2D eigenvalue weighted by Gasteiger charge is 2.34. The Balaban J connectivity index is 1.49. The van der Waals surface area contributed by atoms with Gasteiger partial charge in [0.15, 0.2) is 0 Å². The topological polar surface area (TPSA) is 40.6 Å². The van der Waals surface area contributed by atoms with Gasteiger partial charge in [-0.3, -0.25) is 9.59 Å². The van der Waals surface area contributed by atoms with Crippen molar-refractivity contribution in [3.8, 4) is 0 Å². The van der Waals surface area contributed by atoms with Crippen LogP contribution < -0.4 is 0 Å². The number of halogens is 1. The Morgan fingerprint density at radius 2 is 1.77 bits per heavy atom. The van der Waals surface area contributed by atoms with Crippen LogP contribution in [0.2, 0.25) is 0 Å². The maximum absolute atomic E-state index is 13.4. The number of carbonyl (C=O) groups excluding carboxylic acids is 2. The normalized spacial score (nSPS) is 13.2. The molecule has 1 aromatic carbocycles. The molecule has 1 aliphatic rings. The molecule has 2 amide bonds. The van der Waals surface area contributed by atoms with Gasteiger partial charge in [-0.2, -0.15) is 0 Å². The van der Waals surface area contributed by atoms with Crippen molar-refractivity contribution in [2.75, 3.05) is 6.54 Å². The van der Waals surface area contributed by atoms with Crippen LogP contribution in [0.5, 0.6) is 0 Å². The summed E-state index contributed by atoms with van der Waals surface area (Å²) in [5, 5.41) is 3.98. The zero-order chi connectivity index (χ0) is 21.8. The fourth-order valence-electron chi connectivity index (χ4n) is 3.50. The molecular weight excluding hydrogens is 431 g/mol. The Morgan fingerprint density at radius 3 is 2.39 bits per heavy atom. The first-order valence-corrected chi connectivity index (χ1v) is 12.1. The van der Waals surface area contributed by atoms with Gasteiger partial charge in [-0.25, -0.2) is 4.39 Å². The molecule has 0 saturated heterocycles. The number of aryl methyl sites for hydroxylation is 1. The summed E-state index contributed by atoms with van der Waals surface area (Å²) in [7, 11) is 0. The molecule has 0 N–H and O–H groups in total. The highest BCUT2D eigenvalue weighted by atomic mass is 32.1. The van der Waals surface area contributed by atoms with E-state index in [0.29, 0.717) is 19.5 Å². The molecule has 31 heavy (non-hydrogen) atoms. The predicted octanol–water partition coefficient (Wildman–Crippen LogP) is 5.02. The molecule has 4 rings (SSSR count). The van der Waals surface area contributed by atoms with Gasteiger partial charge in [0.25, 0.3) is 0 Å². The van der Waals surface area contributed by atoms with Crippen LogP contribution >= 0.6 is 22.7 Å². The highest BCUT2D eigenvalue weighted by molar-refractivity contribution is 7.10. The molecule has 4 nitrogen and oxygen atoms in total. The van der Waals surface area contributed by atoms with Gasteiger partial charge in [-0.15, -0.1) is 22.7 Å². The van der Waals surface area contributed by atoms with E-state index < -0.39 is 0 Å². The van der Waals surface area contributed by atoms with Crippen LogP contribution in [0.4, 0.5) is 4.39 Å². The minimum atomic E-state index is -0.296. The lowest BCUT2D eigenvalue weighted by Gasteiger charge is -2.28. The van der Waals surface area contributed by atoms with Gasteiger partial charge in [-0.05, 0) is 65.9 Å². The Labute approximate surface area is 189 Å². The fourth-order valence-corrected chi connectivity index (χ4v) is 5.12. The molecule has 0 radical (unpaired) electrons. The molecule has 7 heteroatoms. The molecule has 3 aromatic rings. The minimum Gasteiger partial charge on any atom is -0.332 e. The van der Waals surface area contributed by atoms with Crippen molar-refractivity contribution in [3.05, 3.63) is 79.9 Å². The highest BCUT2D eigenvalue weighted by Crippen LogP contribution is 2.28. The van der Waals surface area contributed by atoms with E-state index in [4.69, 9.17) is 0 Å². The smallest absolute Gasteiger partial charge is 0.242 e. The first-order valence-electron chi connectivity index (χ1n) is 10.4. The van der Waals surface area contributed by atoms with Crippen molar-refractivity contribution >= 4 is 34.5 Å². The van der Waals surface area contributed by atoms with Crippen LogP contribution in [0.25, 0.3) is 0 Å². The van der Waals surface area contributed by atoms with E-state index in [1.54, 1.807) is 44.6 Å². The fraction of sp³-hybridized carbons (Fsp3) is 0.333. The Kier molecular flexibility index (Phi) is 6.83. The predicted molar refractivity (Wildman–Crippen MR) is 122 cm³/mol. The number of nitrogens with zero attached hydrogens (tertiary/aromatic N) is 2. The molecular formula is C24H25FN2O2S2. The van der Waals surface area contributed by atoms with Gasteiger partial charge in [-0.1, -0.05) is 18.2 Å². The van der Waals surface area contributed by atoms with Gasteiger partial charge in [0.1, 0.15) is 12.4 Å². The Hall–Kier alpha value is -2.51. The number of rotatable bonds is 9. The van der Waals surface area contributed by atoms with E-state index in [1.165, 1.54) is 12.1 Å². The standard InChI is InChI=1S/C24H25FN2O2S2/c1-17-10-12-31-22(17)15-26(14-18-4-6-19(25)7-5-18)24(29)16-27(20-8-9-20)23(28)13-21-3-2-11-30-21/h2-7,10-12,20H,8-9,13-16H2,1H3. The quantitative estimate of drug-likeness (QED) is 0.454. The summed E-state index contributed by atoms with van der Waals surface area (Å²) < 4.78 is 13.3. The number of thiophene rings is 2. The van der Waals surface area contributed by atoms with Crippen molar-refractivity contribution < 1.29 is 14.0 Å². The largest absolute Gasteiger partial charge is 0.332 e. The van der Waals surface area contributed by atoms with Gasteiger partial charge >= 0.3 is 0 Å². The molecule has 1 fully saturated rings. The maximum atomic E-state index is 13.4. The second-order valence-corrected chi connectivity index (χ2v) is 9.94. The van der Waals surface area contributed by atoms with Crippen molar-refractivity contribution in [2.24, 2.45) is 0 Å². The summed E-state index contributed by atoms with van der Waals surface area (Å²) in [6.07, 6.45) is 2.24. The summed E-state index contributed by atoms with van der Waals surface area (Å²) in [5.74, 6) is -0.370. The third-order valence-electron chi connectivity index (χ3n) is 5.46. The lowest BCUT2D eigenvalue weighted by Crippen LogP contribution is -2.44. The van der Waals surface area contributed by atoms with Crippen LogP contribution in [-0.2, 0) is 29.1 Å². The Bertz CT molecular complexity index is 1030. The van der Waals surface area contributed by atoms with Crippen LogP contribution in [0, 0.1) is 12.7 Å². The van der Waals surface area contributed by atoms with Gasteiger partial charge in [0.05, 0.1) is 13.0 Å². The molecule has 2 heterocycles. The van der Waals surface area contributed by atoms with Gasteiger partial charge < -0.3 is 9.80 Å². The number of carbonyl (C=O) groups is 2. The average Bonchev–Trinajstić information content (AvgIpc) is 3.32. The molecule has 1 saturated carbocycles. The van der Waals surface area contributed by atoms with E-state index >= 15 is 0 Å². The van der Waals surface area contributed by atoms with Crippen LogP contribution in [0.1, 0.15) is 33.7 Å². The van der Waals surface area contributed by atoms with Gasteiger partial charge in [0, 0.05) is 22.3 Å². The molecule has 1 aliphatic carbocycles. The zero-order valence-electron chi connectivity index (χ0n) is 17.4. The summed E-state index contributed by atoms with van der Waals surface area (Å²) in [6.45, 7) is 2.99. The number of benzene rings is 1. The molecule has 0 aliphatic heterocycles.